The van der Waals surface area contributed by atoms with Gasteiger partial charge in [0.1, 0.15) is 5.75 Å². The largest absolute Gasteiger partial charge is 0.573 e. The van der Waals surface area contributed by atoms with E-state index in [4.69, 9.17) is 4.74 Å². The first-order valence-corrected chi connectivity index (χ1v) is 10.8. The number of benzene rings is 2. The van der Waals surface area contributed by atoms with Crippen molar-refractivity contribution in [3.05, 3.63) is 65.2 Å². The summed E-state index contributed by atoms with van der Waals surface area (Å²) in [5, 5.41) is 0. The molecule has 0 atom stereocenters. The minimum absolute atomic E-state index is 0.0345. The molecule has 0 aliphatic heterocycles. The summed E-state index contributed by atoms with van der Waals surface area (Å²) in [6, 6.07) is 11.9. The molecule has 0 amide bonds. The average molecular weight is 445 g/mol. The van der Waals surface area contributed by atoms with Crippen molar-refractivity contribution in [3.63, 3.8) is 0 Å². The number of nitrogens with zero attached hydrogens (tertiary/aromatic N) is 1. The molecule has 2 aromatic rings. The Labute approximate surface area is 173 Å². The van der Waals surface area contributed by atoms with Gasteiger partial charge < -0.3 is 9.47 Å². The van der Waals surface area contributed by atoms with E-state index in [2.05, 4.69) is 4.74 Å². The lowest BCUT2D eigenvalue weighted by molar-refractivity contribution is -0.274. The van der Waals surface area contributed by atoms with Crippen molar-refractivity contribution in [2.24, 2.45) is 0 Å². The topological polar surface area (TPSA) is 72.9 Å². The molecule has 2 rings (SSSR count). The van der Waals surface area contributed by atoms with Crippen molar-refractivity contribution in [2.45, 2.75) is 32.8 Å². The third-order valence-electron chi connectivity index (χ3n) is 3.99. The Bertz CT molecular complexity index is 959. The van der Waals surface area contributed by atoms with Gasteiger partial charge >= 0.3 is 12.3 Å². The van der Waals surface area contributed by atoms with E-state index in [1.807, 2.05) is 0 Å². The van der Waals surface area contributed by atoms with Gasteiger partial charge in [-0.2, -0.15) is 4.31 Å². The van der Waals surface area contributed by atoms with Crippen LogP contribution in [0, 0.1) is 0 Å². The summed E-state index contributed by atoms with van der Waals surface area (Å²) in [6.45, 7) is 1.98. The first-order chi connectivity index (χ1) is 14.0. The van der Waals surface area contributed by atoms with Gasteiger partial charge in [-0.15, -0.1) is 13.2 Å². The molecule has 0 saturated heterocycles. The lowest BCUT2D eigenvalue weighted by Crippen LogP contribution is -2.29. The van der Waals surface area contributed by atoms with E-state index in [0.29, 0.717) is 16.7 Å². The van der Waals surface area contributed by atoms with E-state index in [9.17, 15) is 26.4 Å². The van der Waals surface area contributed by atoms with Crippen molar-refractivity contribution >= 4 is 16.0 Å². The third kappa shape index (κ3) is 8.03. The highest BCUT2D eigenvalue weighted by molar-refractivity contribution is 7.88. The maximum absolute atomic E-state index is 12.3. The number of halogens is 3. The molecule has 0 unspecified atom stereocenters. The van der Waals surface area contributed by atoms with Gasteiger partial charge in [0.05, 0.1) is 19.3 Å². The van der Waals surface area contributed by atoms with Crippen LogP contribution >= 0.6 is 0 Å². The molecule has 10 heteroatoms. The zero-order valence-corrected chi connectivity index (χ0v) is 17.3. The van der Waals surface area contributed by atoms with E-state index in [1.165, 1.54) is 16.4 Å². The maximum Gasteiger partial charge on any atom is 0.573 e. The van der Waals surface area contributed by atoms with Crippen LogP contribution in [0.25, 0.3) is 0 Å². The summed E-state index contributed by atoms with van der Waals surface area (Å²) in [4.78, 5) is 11.7. The second-order valence-electron chi connectivity index (χ2n) is 6.52. The van der Waals surface area contributed by atoms with Crippen molar-refractivity contribution in [1.29, 1.82) is 0 Å². The fourth-order valence-corrected chi connectivity index (χ4v) is 3.48. The van der Waals surface area contributed by atoms with Crippen molar-refractivity contribution in [2.75, 3.05) is 12.9 Å². The fraction of sp³-hybridized carbons (Fsp3) is 0.350. The Balaban J connectivity index is 2.13. The monoisotopic (exact) mass is 445 g/mol. The van der Waals surface area contributed by atoms with Crippen molar-refractivity contribution in [3.8, 4) is 5.75 Å². The molecule has 0 radical (unpaired) electrons. The molecular formula is C20H22F3NO5S. The van der Waals surface area contributed by atoms with Crippen LogP contribution in [0.4, 0.5) is 13.2 Å². The van der Waals surface area contributed by atoms with E-state index < -0.39 is 16.4 Å². The van der Waals surface area contributed by atoms with Crippen LogP contribution in [-0.4, -0.2) is 37.9 Å². The van der Waals surface area contributed by atoms with Crippen LogP contribution in [0.1, 0.15) is 23.6 Å². The highest BCUT2D eigenvalue weighted by Gasteiger charge is 2.31. The number of sulfonamides is 1. The van der Waals surface area contributed by atoms with Gasteiger partial charge in [0.2, 0.25) is 10.0 Å². The second-order valence-corrected chi connectivity index (χ2v) is 8.51. The predicted molar refractivity (Wildman–Crippen MR) is 104 cm³/mol. The van der Waals surface area contributed by atoms with Gasteiger partial charge in [0, 0.05) is 13.1 Å². The Hall–Kier alpha value is -2.59. The molecule has 0 bridgehead atoms. The lowest BCUT2D eigenvalue weighted by atomic mass is 10.1. The molecule has 0 saturated carbocycles. The molecule has 164 valence electrons. The first-order valence-electron chi connectivity index (χ1n) is 8.99. The summed E-state index contributed by atoms with van der Waals surface area (Å²) in [6.07, 6.45) is -3.67. The highest BCUT2D eigenvalue weighted by atomic mass is 32.2. The van der Waals surface area contributed by atoms with Crippen molar-refractivity contribution in [1.82, 2.24) is 4.31 Å². The number of rotatable bonds is 9. The van der Waals surface area contributed by atoms with Gasteiger partial charge in [0.15, 0.2) is 0 Å². The molecule has 0 aliphatic rings. The van der Waals surface area contributed by atoms with E-state index in [1.54, 1.807) is 31.2 Å². The van der Waals surface area contributed by atoms with E-state index in [0.717, 1.165) is 18.4 Å². The summed E-state index contributed by atoms with van der Waals surface area (Å²) >= 11 is 0. The summed E-state index contributed by atoms with van der Waals surface area (Å²) < 4.78 is 71.2. The summed E-state index contributed by atoms with van der Waals surface area (Å²) in [5.74, 6) is -0.764. The molecule has 6 nitrogen and oxygen atoms in total. The number of carbonyl (C=O) groups excluding carboxylic acids is 1. The summed E-state index contributed by atoms with van der Waals surface area (Å²) in [5.41, 5.74) is 1.85. The van der Waals surface area contributed by atoms with Crippen LogP contribution in [-0.2, 0) is 39.1 Å². The third-order valence-corrected chi connectivity index (χ3v) is 5.19. The average Bonchev–Trinajstić information content (AvgIpc) is 2.61. The minimum Gasteiger partial charge on any atom is -0.466 e. The summed E-state index contributed by atoms with van der Waals surface area (Å²) in [7, 11) is -3.61. The normalized spacial score (nSPS) is 12.1. The molecule has 0 spiro atoms. The zero-order valence-electron chi connectivity index (χ0n) is 16.5. The highest BCUT2D eigenvalue weighted by Crippen LogP contribution is 2.23. The van der Waals surface area contributed by atoms with Gasteiger partial charge in [-0.05, 0) is 35.7 Å². The Morgan fingerprint density at radius 3 is 2.17 bits per heavy atom. The van der Waals surface area contributed by atoms with Gasteiger partial charge in [0.25, 0.3) is 0 Å². The number of ether oxygens (including phenoxy) is 2. The zero-order chi connectivity index (χ0) is 22.4. The van der Waals surface area contributed by atoms with E-state index in [-0.39, 0.29) is 37.8 Å². The van der Waals surface area contributed by atoms with Gasteiger partial charge in [-0.1, -0.05) is 36.4 Å². The molecule has 0 aromatic heterocycles. The van der Waals surface area contributed by atoms with Crippen LogP contribution < -0.4 is 4.74 Å². The fourth-order valence-electron chi connectivity index (χ4n) is 2.71. The molecule has 0 N–H and O–H groups in total. The Morgan fingerprint density at radius 1 is 1.00 bits per heavy atom. The van der Waals surface area contributed by atoms with Crippen LogP contribution in [0.5, 0.6) is 5.75 Å². The Kier molecular flexibility index (Phi) is 7.85. The molecule has 0 aliphatic carbocycles. The minimum atomic E-state index is -4.80. The van der Waals surface area contributed by atoms with E-state index >= 15 is 0 Å². The lowest BCUT2D eigenvalue weighted by Gasteiger charge is -2.21. The Morgan fingerprint density at radius 2 is 1.60 bits per heavy atom. The molecule has 0 heterocycles. The second kappa shape index (κ2) is 9.94. The first kappa shape index (κ1) is 23.7. The smallest absolute Gasteiger partial charge is 0.466 e. The van der Waals surface area contributed by atoms with Crippen molar-refractivity contribution < 1.29 is 35.9 Å². The van der Waals surface area contributed by atoms with Crippen LogP contribution in [0.3, 0.4) is 0 Å². The number of hydrogen-bond acceptors (Lipinski definition) is 5. The maximum atomic E-state index is 12.3. The number of alkyl halides is 3. The SMILES string of the molecule is CCOC(=O)Cc1cccc(CN(Cc2ccc(OC(F)(F)F)cc2)S(C)(=O)=O)c1. The van der Waals surface area contributed by atoms with Gasteiger partial charge in [-0.3, -0.25) is 4.79 Å². The van der Waals surface area contributed by atoms with Gasteiger partial charge in [-0.25, -0.2) is 8.42 Å². The van der Waals surface area contributed by atoms with Crippen LogP contribution in [0.2, 0.25) is 0 Å². The number of hydrogen-bond donors (Lipinski definition) is 0. The molecule has 2 aromatic carbocycles. The quantitative estimate of drug-likeness (QED) is 0.551. The standard InChI is InChI=1S/C20H22F3NO5S/c1-3-28-19(25)12-16-5-4-6-17(11-16)14-24(30(2,26)27)13-15-7-9-18(10-8-15)29-20(21,22)23/h4-11H,3,12-14H2,1-2H3. The number of carbonyl (C=O) groups is 1. The molecule has 0 fully saturated rings. The predicted octanol–water partition coefficient (Wildman–Crippen LogP) is 3.65. The number of esters is 1. The van der Waals surface area contributed by atoms with Crippen LogP contribution in [0.15, 0.2) is 48.5 Å². The molecular weight excluding hydrogens is 423 g/mol. The molecule has 30 heavy (non-hydrogen) atoms.